The molecule has 0 radical (unpaired) electrons. The molecule has 1 aliphatic heterocycles. The van der Waals surface area contributed by atoms with Crippen LogP contribution in [0, 0.1) is 17.3 Å². The van der Waals surface area contributed by atoms with Crippen LogP contribution in [0.1, 0.15) is 31.7 Å². The van der Waals surface area contributed by atoms with E-state index in [2.05, 4.69) is 42.0 Å². The zero-order valence-electron chi connectivity index (χ0n) is 18.2. The fraction of sp³-hybridized carbons (Fsp3) is 0.423. The van der Waals surface area contributed by atoms with Crippen LogP contribution in [-0.4, -0.2) is 41.3 Å². The lowest BCUT2D eigenvalue weighted by Gasteiger charge is -2.42. The third-order valence-corrected chi connectivity index (χ3v) is 6.69. The van der Waals surface area contributed by atoms with Gasteiger partial charge in [-0.15, -0.1) is 6.58 Å². The van der Waals surface area contributed by atoms with E-state index in [1.807, 2.05) is 23.1 Å². The molecule has 1 aliphatic carbocycles. The number of hydrogen-bond acceptors (Lipinski definition) is 3. The lowest BCUT2D eigenvalue weighted by molar-refractivity contribution is -0.142. The van der Waals surface area contributed by atoms with Crippen LogP contribution < -0.4 is 5.32 Å². The van der Waals surface area contributed by atoms with Gasteiger partial charge in [-0.3, -0.25) is 14.6 Å². The average Bonchev–Trinajstić information content (AvgIpc) is 3.54. The second-order valence-corrected chi connectivity index (χ2v) is 9.07. The first-order chi connectivity index (χ1) is 15.0. The molecule has 0 bridgehead atoms. The van der Waals surface area contributed by atoms with Gasteiger partial charge in [0.1, 0.15) is 0 Å². The SMILES string of the molecule is C=CCNC(=O)C1(Cc2cccc(-c3ccncc3)c2)CCCN(C(=O)C2CC2C)C1. The van der Waals surface area contributed by atoms with E-state index in [1.165, 1.54) is 0 Å². The van der Waals surface area contributed by atoms with Gasteiger partial charge in [0.2, 0.25) is 11.8 Å². The number of likely N-dealkylation sites (tertiary alicyclic amines) is 1. The Balaban J connectivity index is 1.60. The highest BCUT2D eigenvalue weighted by atomic mass is 16.2. The minimum absolute atomic E-state index is 0.0167. The Morgan fingerprint density at radius 1 is 1.26 bits per heavy atom. The Morgan fingerprint density at radius 2 is 2.03 bits per heavy atom. The zero-order chi connectivity index (χ0) is 21.8. The van der Waals surface area contributed by atoms with Crippen molar-refractivity contribution < 1.29 is 9.59 Å². The van der Waals surface area contributed by atoms with Gasteiger partial charge in [0.05, 0.1) is 5.41 Å². The van der Waals surface area contributed by atoms with Crippen LogP contribution in [0.15, 0.2) is 61.4 Å². The molecule has 5 nitrogen and oxygen atoms in total. The average molecular weight is 418 g/mol. The van der Waals surface area contributed by atoms with E-state index in [0.717, 1.165) is 42.5 Å². The molecule has 1 saturated heterocycles. The molecule has 2 heterocycles. The number of amides is 2. The van der Waals surface area contributed by atoms with Crippen LogP contribution in [0.2, 0.25) is 0 Å². The topological polar surface area (TPSA) is 62.3 Å². The summed E-state index contributed by atoms with van der Waals surface area (Å²) < 4.78 is 0. The number of rotatable bonds is 7. The molecular weight excluding hydrogens is 386 g/mol. The van der Waals surface area contributed by atoms with Crippen LogP contribution >= 0.6 is 0 Å². The van der Waals surface area contributed by atoms with Crippen LogP contribution in [-0.2, 0) is 16.0 Å². The molecule has 1 aromatic carbocycles. The molecule has 3 unspecified atom stereocenters. The summed E-state index contributed by atoms with van der Waals surface area (Å²) in [4.78, 5) is 32.4. The van der Waals surface area contributed by atoms with Gasteiger partial charge < -0.3 is 10.2 Å². The molecule has 1 saturated carbocycles. The van der Waals surface area contributed by atoms with Gasteiger partial charge in [-0.2, -0.15) is 0 Å². The number of benzene rings is 1. The van der Waals surface area contributed by atoms with Gasteiger partial charge >= 0.3 is 0 Å². The highest BCUT2D eigenvalue weighted by Gasteiger charge is 2.47. The molecule has 2 fully saturated rings. The van der Waals surface area contributed by atoms with Crippen molar-refractivity contribution in [1.82, 2.24) is 15.2 Å². The Morgan fingerprint density at radius 3 is 2.74 bits per heavy atom. The maximum Gasteiger partial charge on any atom is 0.228 e. The van der Waals surface area contributed by atoms with Crippen molar-refractivity contribution in [3.8, 4) is 11.1 Å². The smallest absolute Gasteiger partial charge is 0.228 e. The second kappa shape index (κ2) is 9.04. The summed E-state index contributed by atoms with van der Waals surface area (Å²) in [5.74, 6) is 0.846. The second-order valence-electron chi connectivity index (χ2n) is 9.07. The molecule has 162 valence electrons. The summed E-state index contributed by atoms with van der Waals surface area (Å²) in [7, 11) is 0. The summed E-state index contributed by atoms with van der Waals surface area (Å²) in [6, 6.07) is 12.3. The van der Waals surface area contributed by atoms with E-state index in [0.29, 0.717) is 25.4 Å². The molecule has 3 atom stereocenters. The van der Waals surface area contributed by atoms with Gasteiger partial charge in [-0.1, -0.05) is 37.3 Å². The predicted molar refractivity (Wildman–Crippen MR) is 122 cm³/mol. The van der Waals surface area contributed by atoms with E-state index in [1.54, 1.807) is 18.5 Å². The van der Waals surface area contributed by atoms with Crippen molar-refractivity contribution in [3.63, 3.8) is 0 Å². The van der Waals surface area contributed by atoms with Crippen molar-refractivity contribution in [3.05, 3.63) is 67.0 Å². The minimum atomic E-state index is -0.619. The molecule has 2 amide bonds. The Labute approximate surface area is 184 Å². The predicted octanol–water partition coefficient (Wildman–Crippen LogP) is 3.86. The fourth-order valence-electron chi connectivity index (χ4n) is 4.78. The van der Waals surface area contributed by atoms with Gasteiger partial charge in [0, 0.05) is 37.9 Å². The summed E-state index contributed by atoms with van der Waals surface area (Å²) >= 11 is 0. The van der Waals surface area contributed by atoms with E-state index in [9.17, 15) is 9.59 Å². The van der Waals surface area contributed by atoms with Crippen LogP contribution in [0.5, 0.6) is 0 Å². The number of aromatic nitrogens is 1. The zero-order valence-corrected chi connectivity index (χ0v) is 18.2. The van der Waals surface area contributed by atoms with E-state index in [4.69, 9.17) is 0 Å². The summed E-state index contributed by atoms with van der Waals surface area (Å²) in [5, 5.41) is 3.02. The van der Waals surface area contributed by atoms with Crippen LogP contribution in [0.25, 0.3) is 11.1 Å². The van der Waals surface area contributed by atoms with Crippen LogP contribution in [0.4, 0.5) is 0 Å². The standard InChI is InChI=1S/C26H31N3O2/c1-3-11-28-25(31)26(10-5-14-29(18-26)24(30)23-15-19(23)2)17-20-6-4-7-22(16-20)21-8-12-27-13-9-21/h3-4,6-9,12-13,16,19,23H,1,5,10-11,14-15,17-18H2,2H3,(H,28,31). The molecule has 5 heteroatoms. The molecule has 2 aliphatic rings. The first-order valence-corrected chi connectivity index (χ1v) is 11.2. The van der Waals surface area contributed by atoms with E-state index < -0.39 is 5.41 Å². The third kappa shape index (κ3) is 4.71. The largest absolute Gasteiger partial charge is 0.352 e. The van der Waals surface area contributed by atoms with E-state index >= 15 is 0 Å². The number of nitrogens with one attached hydrogen (secondary N) is 1. The number of carbonyl (C=O) groups excluding carboxylic acids is 2. The van der Waals surface area contributed by atoms with E-state index in [-0.39, 0.29) is 17.7 Å². The molecule has 31 heavy (non-hydrogen) atoms. The summed E-state index contributed by atoms with van der Waals surface area (Å²) in [5.41, 5.74) is 2.70. The molecule has 1 aromatic heterocycles. The number of piperidine rings is 1. The van der Waals surface area contributed by atoms with Crippen molar-refractivity contribution in [2.24, 2.45) is 17.3 Å². The molecule has 1 N–H and O–H groups in total. The Hall–Kier alpha value is -2.95. The maximum atomic E-state index is 13.4. The minimum Gasteiger partial charge on any atom is -0.352 e. The Bertz CT molecular complexity index is 958. The number of nitrogens with zero attached hydrogens (tertiary/aromatic N) is 2. The first kappa shape index (κ1) is 21.3. The highest BCUT2D eigenvalue weighted by molar-refractivity contribution is 5.86. The number of pyridine rings is 1. The quantitative estimate of drug-likeness (QED) is 0.696. The van der Waals surface area contributed by atoms with Crippen molar-refractivity contribution >= 4 is 11.8 Å². The first-order valence-electron chi connectivity index (χ1n) is 11.2. The number of hydrogen-bond donors (Lipinski definition) is 1. The van der Waals surface area contributed by atoms with Crippen molar-refractivity contribution in [2.75, 3.05) is 19.6 Å². The van der Waals surface area contributed by atoms with Crippen molar-refractivity contribution in [2.45, 2.75) is 32.6 Å². The maximum absolute atomic E-state index is 13.4. The number of carbonyl (C=O) groups is 2. The van der Waals surface area contributed by atoms with Gasteiger partial charge in [0.15, 0.2) is 0 Å². The lowest BCUT2D eigenvalue weighted by Crippen LogP contribution is -2.54. The van der Waals surface area contributed by atoms with Gasteiger partial charge in [-0.25, -0.2) is 0 Å². The van der Waals surface area contributed by atoms with Gasteiger partial charge in [-0.05, 0) is 60.4 Å². The fourth-order valence-corrected chi connectivity index (χ4v) is 4.78. The third-order valence-electron chi connectivity index (χ3n) is 6.69. The lowest BCUT2D eigenvalue weighted by atomic mass is 9.73. The monoisotopic (exact) mass is 417 g/mol. The van der Waals surface area contributed by atoms with Crippen LogP contribution in [0.3, 0.4) is 0 Å². The molecule has 4 rings (SSSR count). The summed E-state index contributed by atoms with van der Waals surface area (Å²) in [6.45, 7) is 7.52. The molecule has 0 spiro atoms. The summed E-state index contributed by atoms with van der Waals surface area (Å²) in [6.07, 6.45) is 8.48. The normalized spacial score (nSPS) is 25.0. The Kier molecular flexibility index (Phi) is 6.21. The molecular formula is C26H31N3O2. The molecule has 2 aromatic rings. The van der Waals surface area contributed by atoms with Crippen molar-refractivity contribution in [1.29, 1.82) is 0 Å². The highest BCUT2D eigenvalue weighted by Crippen LogP contribution is 2.42. The van der Waals surface area contributed by atoms with Gasteiger partial charge in [0.25, 0.3) is 0 Å².